The molecule has 0 amide bonds. The zero-order valence-electron chi connectivity index (χ0n) is 9.93. The van der Waals surface area contributed by atoms with Gasteiger partial charge < -0.3 is 4.74 Å². The highest BCUT2D eigenvalue weighted by atomic mass is 35.5. The second-order valence-electron chi connectivity index (χ2n) is 3.51. The van der Waals surface area contributed by atoms with Crippen molar-refractivity contribution in [3.63, 3.8) is 0 Å². The SMILES string of the molecule is COCCCN(C)S(=O)(=O)c1sc(Cl)nc1C. The molecule has 17 heavy (non-hydrogen) atoms. The number of aromatic nitrogens is 1. The van der Waals surface area contributed by atoms with E-state index < -0.39 is 10.0 Å². The molecule has 0 unspecified atom stereocenters. The Morgan fingerprint density at radius 1 is 1.53 bits per heavy atom. The molecule has 1 rings (SSSR count). The number of methoxy groups -OCH3 is 1. The van der Waals surface area contributed by atoms with E-state index >= 15 is 0 Å². The van der Waals surface area contributed by atoms with Crippen LogP contribution in [0.5, 0.6) is 0 Å². The molecule has 0 radical (unpaired) electrons. The van der Waals surface area contributed by atoms with Crippen LogP contribution in [0.2, 0.25) is 4.47 Å². The maximum atomic E-state index is 12.2. The summed E-state index contributed by atoms with van der Waals surface area (Å²) in [6, 6.07) is 0. The largest absolute Gasteiger partial charge is 0.385 e. The Morgan fingerprint density at radius 2 is 2.18 bits per heavy atom. The van der Waals surface area contributed by atoms with Crippen molar-refractivity contribution in [2.24, 2.45) is 0 Å². The van der Waals surface area contributed by atoms with Crippen molar-refractivity contribution in [1.29, 1.82) is 0 Å². The monoisotopic (exact) mass is 298 g/mol. The van der Waals surface area contributed by atoms with Crippen LogP contribution in [0.3, 0.4) is 0 Å². The molecule has 1 heterocycles. The van der Waals surface area contributed by atoms with Gasteiger partial charge in [-0.05, 0) is 13.3 Å². The highest BCUT2D eigenvalue weighted by Crippen LogP contribution is 2.28. The number of nitrogens with zero attached hydrogens (tertiary/aromatic N) is 2. The molecule has 0 bridgehead atoms. The van der Waals surface area contributed by atoms with E-state index in [0.717, 1.165) is 11.3 Å². The molecule has 0 N–H and O–H groups in total. The molecule has 5 nitrogen and oxygen atoms in total. The van der Waals surface area contributed by atoms with Gasteiger partial charge in [0.15, 0.2) is 8.68 Å². The normalized spacial score (nSPS) is 12.3. The van der Waals surface area contributed by atoms with Crippen LogP contribution in [0.25, 0.3) is 0 Å². The summed E-state index contributed by atoms with van der Waals surface area (Å²) >= 11 is 6.69. The highest BCUT2D eigenvalue weighted by molar-refractivity contribution is 7.91. The molecule has 0 atom stereocenters. The van der Waals surface area contributed by atoms with Gasteiger partial charge in [-0.3, -0.25) is 0 Å². The van der Waals surface area contributed by atoms with Crippen LogP contribution < -0.4 is 0 Å². The maximum absolute atomic E-state index is 12.2. The molecule has 0 saturated heterocycles. The molecule has 0 aliphatic heterocycles. The number of thiazole rings is 1. The Balaban J connectivity index is 2.84. The lowest BCUT2D eigenvalue weighted by molar-refractivity contribution is 0.189. The van der Waals surface area contributed by atoms with E-state index in [2.05, 4.69) is 4.98 Å². The van der Waals surface area contributed by atoms with Gasteiger partial charge in [-0.1, -0.05) is 22.9 Å². The van der Waals surface area contributed by atoms with Crippen LogP contribution in [-0.2, 0) is 14.8 Å². The van der Waals surface area contributed by atoms with E-state index in [0.29, 0.717) is 25.3 Å². The lowest BCUT2D eigenvalue weighted by atomic mass is 10.5. The number of aryl methyl sites for hydroxylation is 1. The molecule has 98 valence electrons. The maximum Gasteiger partial charge on any atom is 0.254 e. The Kier molecular flexibility index (Phi) is 5.33. The first-order valence-corrected chi connectivity index (χ1v) is 7.61. The van der Waals surface area contributed by atoms with Gasteiger partial charge in [-0.2, -0.15) is 0 Å². The van der Waals surface area contributed by atoms with E-state index in [-0.39, 0.29) is 8.68 Å². The molecule has 1 aromatic rings. The summed E-state index contributed by atoms with van der Waals surface area (Å²) in [5.74, 6) is 0. The Bertz CT molecular complexity index is 473. The van der Waals surface area contributed by atoms with Gasteiger partial charge in [0.25, 0.3) is 10.0 Å². The van der Waals surface area contributed by atoms with E-state index in [4.69, 9.17) is 16.3 Å². The predicted octanol–water partition coefficient (Wildman–Crippen LogP) is 1.76. The zero-order chi connectivity index (χ0) is 13.1. The van der Waals surface area contributed by atoms with E-state index in [9.17, 15) is 8.42 Å². The minimum Gasteiger partial charge on any atom is -0.385 e. The number of hydrogen-bond donors (Lipinski definition) is 0. The fourth-order valence-corrected chi connectivity index (χ4v) is 4.42. The summed E-state index contributed by atoms with van der Waals surface area (Å²) in [4.78, 5) is 3.91. The molecule has 8 heteroatoms. The van der Waals surface area contributed by atoms with E-state index in [1.807, 2.05) is 0 Å². The third kappa shape index (κ3) is 3.62. The molecule has 1 aromatic heterocycles. The van der Waals surface area contributed by atoms with Gasteiger partial charge in [0.05, 0.1) is 5.69 Å². The van der Waals surface area contributed by atoms with E-state index in [1.165, 1.54) is 11.4 Å². The number of halogens is 1. The minimum atomic E-state index is -3.48. The standard InChI is InChI=1S/C9H15ClN2O3S2/c1-7-8(16-9(10)11-7)17(13,14)12(2)5-4-6-15-3/h4-6H2,1-3H3. The zero-order valence-corrected chi connectivity index (χ0v) is 12.3. The first kappa shape index (κ1) is 14.8. The Labute approximate surface area is 110 Å². The van der Waals surface area contributed by atoms with Gasteiger partial charge in [0.2, 0.25) is 0 Å². The fourth-order valence-electron chi connectivity index (χ4n) is 1.28. The van der Waals surface area contributed by atoms with Crippen molar-refractivity contribution in [2.75, 3.05) is 27.3 Å². The smallest absolute Gasteiger partial charge is 0.254 e. The summed E-state index contributed by atoms with van der Waals surface area (Å²) in [7, 11) is -0.355. The van der Waals surface area contributed by atoms with Crippen LogP contribution in [0.4, 0.5) is 0 Å². The van der Waals surface area contributed by atoms with Crippen molar-refractivity contribution >= 4 is 33.0 Å². The van der Waals surface area contributed by atoms with Crippen LogP contribution in [0, 0.1) is 6.92 Å². The first-order valence-electron chi connectivity index (χ1n) is 4.97. The predicted molar refractivity (Wildman–Crippen MR) is 68.2 cm³/mol. The van der Waals surface area contributed by atoms with E-state index in [1.54, 1.807) is 14.0 Å². The van der Waals surface area contributed by atoms with Crippen molar-refractivity contribution in [1.82, 2.24) is 9.29 Å². The number of sulfonamides is 1. The second-order valence-corrected chi connectivity index (χ2v) is 7.33. The molecular formula is C9H15ClN2O3S2. The van der Waals surface area contributed by atoms with Gasteiger partial charge in [0, 0.05) is 27.3 Å². The van der Waals surface area contributed by atoms with Crippen molar-refractivity contribution in [3.8, 4) is 0 Å². The molecular weight excluding hydrogens is 284 g/mol. The van der Waals surface area contributed by atoms with Crippen LogP contribution in [0.15, 0.2) is 4.21 Å². The number of hydrogen-bond acceptors (Lipinski definition) is 5. The third-order valence-electron chi connectivity index (χ3n) is 2.19. The third-order valence-corrected chi connectivity index (χ3v) is 5.90. The highest BCUT2D eigenvalue weighted by Gasteiger charge is 2.25. The molecule has 0 saturated carbocycles. The Hall–Kier alpha value is -0.210. The number of rotatable bonds is 6. The van der Waals surface area contributed by atoms with Gasteiger partial charge in [0.1, 0.15) is 0 Å². The first-order chi connectivity index (χ1) is 7.89. The average Bonchev–Trinajstić information content (AvgIpc) is 2.58. The fraction of sp³-hybridized carbons (Fsp3) is 0.667. The summed E-state index contributed by atoms with van der Waals surface area (Å²) in [6.07, 6.45) is 0.651. The summed E-state index contributed by atoms with van der Waals surface area (Å²) in [5, 5.41) is 0. The summed E-state index contributed by atoms with van der Waals surface area (Å²) in [6.45, 7) is 2.58. The summed E-state index contributed by atoms with van der Waals surface area (Å²) < 4.78 is 30.9. The van der Waals surface area contributed by atoms with Crippen LogP contribution in [0.1, 0.15) is 12.1 Å². The van der Waals surface area contributed by atoms with Gasteiger partial charge in [-0.15, -0.1) is 0 Å². The van der Waals surface area contributed by atoms with Crippen molar-refractivity contribution < 1.29 is 13.2 Å². The lowest BCUT2D eigenvalue weighted by Crippen LogP contribution is -2.28. The quantitative estimate of drug-likeness (QED) is 0.751. The molecule has 0 fully saturated rings. The number of ether oxygens (including phenoxy) is 1. The average molecular weight is 299 g/mol. The minimum absolute atomic E-state index is 0.211. The van der Waals surface area contributed by atoms with Crippen molar-refractivity contribution in [2.45, 2.75) is 17.6 Å². The topological polar surface area (TPSA) is 59.5 Å². The molecule has 0 aliphatic rings. The molecule has 0 aromatic carbocycles. The summed E-state index contributed by atoms with van der Waals surface area (Å²) in [5.41, 5.74) is 0.443. The molecule has 0 spiro atoms. The van der Waals surface area contributed by atoms with Crippen LogP contribution >= 0.6 is 22.9 Å². The lowest BCUT2D eigenvalue weighted by Gasteiger charge is -2.15. The van der Waals surface area contributed by atoms with Gasteiger partial charge >= 0.3 is 0 Å². The van der Waals surface area contributed by atoms with Gasteiger partial charge in [-0.25, -0.2) is 17.7 Å². The Morgan fingerprint density at radius 3 is 2.65 bits per heavy atom. The molecule has 0 aliphatic carbocycles. The van der Waals surface area contributed by atoms with Crippen molar-refractivity contribution in [3.05, 3.63) is 10.2 Å². The van der Waals surface area contributed by atoms with Crippen LogP contribution in [-0.4, -0.2) is 45.0 Å². The second kappa shape index (κ2) is 6.10.